The molecule has 6 nitrogen and oxygen atoms in total. The maximum absolute atomic E-state index is 11.7. The molecule has 18 heavy (non-hydrogen) atoms. The van der Waals surface area contributed by atoms with Crippen LogP contribution in [0.5, 0.6) is 11.5 Å². The molecule has 0 fully saturated rings. The molecule has 2 rings (SSSR count). The summed E-state index contributed by atoms with van der Waals surface area (Å²) in [6.45, 7) is 0. The first-order valence-electron chi connectivity index (χ1n) is 5.19. The van der Waals surface area contributed by atoms with E-state index in [1.165, 1.54) is 14.2 Å². The van der Waals surface area contributed by atoms with Gasteiger partial charge < -0.3 is 25.1 Å². The number of hydrogen-bond acceptors (Lipinski definition) is 6. The van der Waals surface area contributed by atoms with E-state index in [1.54, 1.807) is 18.2 Å². The third kappa shape index (κ3) is 1.92. The van der Waals surface area contributed by atoms with Crippen LogP contribution in [-0.2, 0) is 9.53 Å². The van der Waals surface area contributed by atoms with Crippen LogP contribution in [-0.4, -0.2) is 25.1 Å². The largest absolute Gasteiger partial charge is 0.501 e. The molecule has 1 aliphatic rings. The van der Waals surface area contributed by atoms with Crippen molar-refractivity contribution in [3.63, 3.8) is 0 Å². The smallest absolute Gasteiger partial charge is 0.247 e. The minimum Gasteiger partial charge on any atom is -0.501 e. The van der Waals surface area contributed by atoms with E-state index < -0.39 is 17.6 Å². The van der Waals surface area contributed by atoms with Crippen LogP contribution in [0.1, 0.15) is 11.7 Å². The molecule has 6 heteroatoms. The number of ketones is 1. The van der Waals surface area contributed by atoms with Gasteiger partial charge in [0, 0.05) is 11.6 Å². The normalized spacial score (nSPS) is 18.8. The SMILES string of the molecule is COc1cc(OC)cc([C@@H]2OC(N)=C(O)C2=O)c1. The predicted molar refractivity (Wildman–Crippen MR) is 62.2 cm³/mol. The summed E-state index contributed by atoms with van der Waals surface area (Å²) in [4.78, 5) is 11.7. The second kappa shape index (κ2) is 4.48. The van der Waals surface area contributed by atoms with E-state index >= 15 is 0 Å². The minimum absolute atomic E-state index is 0.271. The van der Waals surface area contributed by atoms with Crippen molar-refractivity contribution in [2.45, 2.75) is 6.10 Å². The van der Waals surface area contributed by atoms with Crippen molar-refractivity contribution >= 4 is 5.78 Å². The van der Waals surface area contributed by atoms with Crippen molar-refractivity contribution in [2.24, 2.45) is 5.73 Å². The van der Waals surface area contributed by atoms with E-state index in [-0.39, 0.29) is 5.88 Å². The average Bonchev–Trinajstić information content (AvgIpc) is 2.65. The Balaban J connectivity index is 2.38. The van der Waals surface area contributed by atoms with Gasteiger partial charge >= 0.3 is 0 Å². The Kier molecular flexibility index (Phi) is 3.01. The summed E-state index contributed by atoms with van der Waals surface area (Å²) in [6, 6.07) is 4.91. The number of carbonyl (C=O) groups is 1. The Hall–Kier alpha value is -2.37. The lowest BCUT2D eigenvalue weighted by Crippen LogP contribution is -2.10. The van der Waals surface area contributed by atoms with Gasteiger partial charge in [-0.25, -0.2) is 0 Å². The molecule has 1 heterocycles. The van der Waals surface area contributed by atoms with Gasteiger partial charge in [-0.1, -0.05) is 0 Å². The monoisotopic (exact) mass is 251 g/mol. The van der Waals surface area contributed by atoms with Crippen molar-refractivity contribution in [3.05, 3.63) is 35.4 Å². The summed E-state index contributed by atoms with van der Waals surface area (Å²) in [5, 5.41) is 9.37. The van der Waals surface area contributed by atoms with Crippen LogP contribution in [0, 0.1) is 0 Å². The van der Waals surface area contributed by atoms with Gasteiger partial charge in [0.05, 0.1) is 14.2 Å². The maximum atomic E-state index is 11.7. The lowest BCUT2D eigenvalue weighted by molar-refractivity contribution is -0.123. The number of hydrogen-bond donors (Lipinski definition) is 2. The Bertz CT molecular complexity index is 501. The highest BCUT2D eigenvalue weighted by Crippen LogP contribution is 2.34. The van der Waals surface area contributed by atoms with E-state index in [4.69, 9.17) is 19.9 Å². The number of aliphatic hydroxyl groups excluding tert-OH is 1. The zero-order valence-corrected chi connectivity index (χ0v) is 9.97. The molecule has 0 unspecified atom stereocenters. The van der Waals surface area contributed by atoms with Gasteiger partial charge in [0.1, 0.15) is 11.5 Å². The third-order valence-electron chi connectivity index (χ3n) is 2.63. The van der Waals surface area contributed by atoms with Gasteiger partial charge in [0.25, 0.3) is 0 Å². The first-order valence-corrected chi connectivity index (χ1v) is 5.19. The third-order valence-corrected chi connectivity index (χ3v) is 2.63. The Labute approximate surface area is 104 Å². The Morgan fingerprint density at radius 1 is 1.22 bits per heavy atom. The first kappa shape index (κ1) is 12.1. The van der Waals surface area contributed by atoms with Crippen LogP contribution in [0.25, 0.3) is 0 Å². The van der Waals surface area contributed by atoms with Gasteiger partial charge in [0.2, 0.25) is 17.4 Å². The fourth-order valence-electron chi connectivity index (χ4n) is 1.68. The van der Waals surface area contributed by atoms with Crippen LogP contribution >= 0.6 is 0 Å². The molecule has 0 radical (unpaired) electrons. The first-order chi connectivity index (χ1) is 8.56. The molecule has 0 aromatic heterocycles. The van der Waals surface area contributed by atoms with Crippen LogP contribution in [0.2, 0.25) is 0 Å². The quantitative estimate of drug-likeness (QED) is 0.833. The number of nitrogens with two attached hydrogens (primary N) is 1. The molecule has 0 amide bonds. The second-order valence-corrected chi connectivity index (χ2v) is 3.72. The molecule has 0 saturated carbocycles. The van der Waals surface area contributed by atoms with E-state index in [9.17, 15) is 9.90 Å². The zero-order valence-electron chi connectivity index (χ0n) is 9.97. The minimum atomic E-state index is -0.964. The van der Waals surface area contributed by atoms with E-state index in [2.05, 4.69) is 0 Å². The molecule has 1 aromatic carbocycles. The van der Waals surface area contributed by atoms with Gasteiger partial charge in [0.15, 0.2) is 6.10 Å². The molecule has 0 saturated heterocycles. The Morgan fingerprint density at radius 2 is 1.78 bits per heavy atom. The van der Waals surface area contributed by atoms with Gasteiger partial charge in [-0.2, -0.15) is 0 Å². The molecular formula is C12H13NO5. The van der Waals surface area contributed by atoms with Crippen molar-refractivity contribution in [3.8, 4) is 11.5 Å². The lowest BCUT2D eigenvalue weighted by Gasteiger charge is -2.13. The van der Waals surface area contributed by atoms with Gasteiger partial charge in [-0.3, -0.25) is 4.79 Å². The predicted octanol–water partition coefficient (Wildman–Crippen LogP) is 1.03. The summed E-state index contributed by atoms with van der Waals surface area (Å²) < 4.78 is 15.3. The van der Waals surface area contributed by atoms with E-state index in [0.717, 1.165) is 0 Å². The number of methoxy groups -OCH3 is 2. The molecular weight excluding hydrogens is 238 g/mol. The number of aliphatic hydroxyl groups is 1. The highest BCUT2D eigenvalue weighted by Gasteiger charge is 2.35. The number of benzene rings is 1. The van der Waals surface area contributed by atoms with Crippen molar-refractivity contribution in [2.75, 3.05) is 14.2 Å². The zero-order chi connectivity index (χ0) is 13.3. The molecule has 0 bridgehead atoms. The van der Waals surface area contributed by atoms with Crippen LogP contribution < -0.4 is 15.2 Å². The van der Waals surface area contributed by atoms with Crippen molar-refractivity contribution < 1.29 is 24.1 Å². The average molecular weight is 251 g/mol. The molecule has 1 atom stereocenters. The van der Waals surface area contributed by atoms with Crippen LogP contribution in [0.4, 0.5) is 0 Å². The van der Waals surface area contributed by atoms with Crippen LogP contribution in [0.15, 0.2) is 29.8 Å². The fourth-order valence-corrected chi connectivity index (χ4v) is 1.68. The number of ether oxygens (including phenoxy) is 3. The summed E-state index contributed by atoms with van der Waals surface area (Å²) in [6.07, 6.45) is -0.964. The van der Waals surface area contributed by atoms with Crippen molar-refractivity contribution in [1.29, 1.82) is 0 Å². The number of Topliss-reactive ketones (excluding diaryl/α,β-unsaturated/α-hetero) is 1. The lowest BCUT2D eigenvalue weighted by atomic mass is 10.1. The topological polar surface area (TPSA) is 91.0 Å². The molecule has 0 spiro atoms. The number of carbonyl (C=O) groups excluding carboxylic acids is 1. The summed E-state index contributed by atoms with van der Waals surface area (Å²) >= 11 is 0. The molecule has 3 N–H and O–H groups in total. The molecule has 1 aromatic rings. The van der Waals surface area contributed by atoms with Crippen molar-refractivity contribution in [1.82, 2.24) is 0 Å². The standard InChI is InChI=1S/C12H13NO5/c1-16-7-3-6(4-8(5-7)17-2)11-9(14)10(15)12(13)18-11/h3-5,11,15H,13H2,1-2H3/t11-/m0/s1. The fraction of sp³-hybridized carbons (Fsp3) is 0.250. The molecule has 1 aliphatic heterocycles. The Morgan fingerprint density at radius 3 is 2.17 bits per heavy atom. The van der Waals surface area contributed by atoms with Gasteiger partial charge in [-0.15, -0.1) is 0 Å². The molecule has 96 valence electrons. The highest BCUT2D eigenvalue weighted by molar-refractivity contribution is 5.99. The van der Waals surface area contributed by atoms with Crippen LogP contribution in [0.3, 0.4) is 0 Å². The van der Waals surface area contributed by atoms with E-state index in [0.29, 0.717) is 17.1 Å². The van der Waals surface area contributed by atoms with Gasteiger partial charge in [-0.05, 0) is 12.1 Å². The second-order valence-electron chi connectivity index (χ2n) is 3.72. The summed E-state index contributed by atoms with van der Waals surface area (Å²) in [7, 11) is 3.00. The maximum Gasteiger partial charge on any atom is 0.247 e. The van der Waals surface area contributed by atoms with E-state index in [1.807, 2.05) is 0 Å². The summed E-state index contributed by atoms with van der Waals surface area (Å²) in [5.41, 5.74) is 5.86. The molecule has 0 aliphatic carbocycles. The summed E-state index contributed by atoms with van der Waals surface area (Å²) in [5.74, 6) is -0.368. The highest BCUT2D eigenvalue weighted by atomic mass is 16.5. The number of rotatable bonds is 3.